The summed E-state index contributed by atoms with van der Waals surface area (Å²) in [6, 6.07) is 0.152. The van der Waals surface area contributed by atoms with Crippen molar-refractivity contribution in [2.24, 2.45) is 0 Å². The highest BCUT2D eigenvalue weighted by molar-refractivity contribution is 5.96. The highest BCUT2D eigenvalue weighted by Gasteiger charge is 2.22. The number of aryl methyl sites for hydroxylation is 3. The average Bonchev–Trinajstić information content (AvgIpc) is 3.08. The molecule has 0 saturated carbocycles. The van der Waals surface area contributed by atoms with Gasteiger partial charge < -0.3 is 5.32 Å². The third kappa shape index (κ3) is 3.25. The lowest BCUT2D eigenvalue weighted by atomic mass is 9.94. The molecule has 128 valence electrons. The second-order valence-corrected chi connectivity index (χ2v) is 6.46. The Morgan fingerprint density at radius 1 is 1.42 bits per heavy atom. The maximum atomic E-state index is 12.2. The number of hydrogen-bond acceptors (Lipinski definition) is 4. The van der Waals surface area contributed by atoms with Gasteiger partial charge in [0.15, 0.2) is 5.78 Å². The fourth-order valence-corrected chi connectivity index (χ4v) is 3.46. The molecule has 0 aromatic carbocycles. The van der Waals surface area contributed by atoms with E-state index < -0.39 is 0 Å². The van der Waals surface area contributed by atoms with Gasteiger partial charge in [-0.1, -0.05) is 0 Å². The molecule has 7 nitrogen and oxygen atoms in total. The lowest BCUT2D eigenvalue weighted by molar-refractivity contribution is -0.122. The summed E-state index contributed by atoms with van der Waals surface area (Å²) in [5.74, 6) is 0.0261. The summed E-state index contributed by atoms with van der Waals surface area (Å²) in [7, 11) is 0. The topological polar surface area (TPSA) is 92.7 Å². The first kappa shape index (κ1) is 16.4. The number of carbonyl (C=O) groups is 2. The molecule has 2 N–H and O–H groups in total. The van der Waals surface area contributed by atoms with Gasteiger partial charge in [-0.15, -0.1) is 0 Å². The second kappa shape index (κ2) is 6.59. The number of hydrogen-bond donors (Lipinski definition) is 2. The van der Waals surface area contributed by atoms with E-state index in [4.69, 9.17) is 0 Å². The highest BCUT2D eigenvalue weighted by Crippen LogP contribution is 2.19. The number of fused-ring (bicyclic) bond motifs is 1. The van der Waals surface area contributed by atoms with Crippen LogP contribution in [0.4, 0.5) is 0 Å². The Morgan fingerprint density at radius 3 is 2.92 bits per heavy atom. The maximum Gasteiger partial charge on any atom is 0.222 e. The van der Waals surface area contributed by atoms with E-state index in [1.807, 2.05) is 20.0 Å². The van der Waals surface area contributed by atoms with Crippen LogP contribution in [0, 0.1) is 13.8 Å². The van der Waals surface area contributed by atoms with Crippen LogP contribution in [0.1, 0.15) is 52.8 Å². The van der Waals surface area contributed by atoms with Crippen molar-refractivity contribution in [2.75, 3.05) is 0 Å². The minimum absolute atomic E-state index is 0.0123. The number of amides is 1. The zero-order chi connectivity index (χ0) is 17.3. The monoisotopic (exact) mass is 329 g/mol. The smallest absolute Gasteiger partial charge is 0.222 e. The number of ketones is 1. The minimum atomic E-state index is 0.0123. The molecule has 0 saturated heterocycles. The van der Waals surface area contributed by atoms with Gasteiger partial charge in [0.25, 0.3) is 0 Å². The van der Waals surface area contributed by atoms with Crippen molar-refractivity contribution in [1.82, 2.24) is 25.3 Å². The third-order valence-corrected chi connectivity index (χ3v) is 4.67. The molecule has 1 aliphatic rings. The third-order valence-electron chi connectivity index (χ3n) is 4.67. The summed E-state index contributed by atoms with van der Waals surface area (Å²) >= 11 is 0. The fourth-order valence-electron chi connectivity index (χ4n) is 3.46. The van der Waals surface area contributed by atoms with E-state index in [1.165, 1.54) is 5.56 Å². The molecule has 0 radical (unpaired) electrons. The van der Waals surface area contributed by atoms with Gasteiger partial charge in [0.05, 0.1) is 17.5 Å². The van der Waals surface area contributed by atoms with Crippen molar-refractivity contribution in [3.05, 3.63) is 34.4 Å². The van der Waals surface area contributed by atoms with Gasteiger partial charge in [0, 0.05) is 36.8 Å². The molecular formula is C17H23N5O2. The van der Waals surface area contributed by atoms with E-state index in [9.17, 15) is 9.59 Å². The number of carbonyl (C=O) groups excluding carboxylic acids is 2. The van der Waals surface area contributed by atoms with Crippen LogP contribution >= 0.6 is 0 Å². The van der Waals surface area contributed by atoms with Gasteiger partial charge in [-0.3, -0.25) is 19.4 Å². The van der Waals surface area contributed by atoms with Crippen LogP contribution in [0.25, 0.3) is 0 Å². The Bertz CT molecular complexity index is 774. The molecule has 0 aliphatic heterocycles. The van der Waals surface area contributed by atoms with E-state index >= 15 is 0 Å². The minimum Gasteiger partial charge on any atom is -0.353 e. The van der Waals surface area contributed by atoms with Gasteiger partial charge in [0.1, 0.15) is 0 Å². The van der Waals surface area contributed by atoms with Crippen LogP contribution in [-0.4, -0.2) is 37.7 Å². The summed E-state index contributed by atoms with van der Waals surface area (Å²) in [4.78, 5) is 23.9. The van der Waals surface area contributed by atoms with Crippen LogP contribution in [0.5, 0.6) is 0 Å². The lowest BCUT2D eigenvalue weighted by Gasteiger charge is -2.22. The van der Waals surface area contributed by atoms with Crippen LogP contribution in [-0.2, 0) is 24.2 Å². The molecule has 1 atom stereocenters. The van der Waals surface area contributed by atoms with Gasteiger partial charge in [-0.2, -0.15) is 10.2 Å². The molecular weight excluding hydrogens is 306 g/mol. The fraction of sp³-hybridized carbons (Fsp3) is 0.529. The molecule has 2 aromatic rings. The number of Topliss-reactive ketones (excluding diaryl/α,β-unsaturated/α-hetero) is 1. The predicted octanol–water partition coefficient (Wildman–Crippen LogP) is 1.49. The van der Waals surface area contributed by atoms with Crippen LogP contribution in [0.15, 0.2) is 6.20 Å². The predicted molar refractivity (Wildman–Crippen MR) is 88.9 cm³/mol. The second-order valence-electron chi connectivity index (χ2n) is 6.46. The summed E-state index contributed by atoms with van der Waals surface area (Å²) in [6.45, 7) is 5.72. The van der Waals surface area contributed by atoms with Gasteiger partial charge in [0.2, 0.25) is 5.91 Å². The molecule has 2 aromatic heterocycles. The van der Waals surface area contributed by atoms with E-state index in [1.54, 1.807) is 11.6 Å². The Labute approximate surface area is 140 Å². The molecule has 1 unspecified atom stereocenters. The van der Waals surface area contributed by atoms with Gasteiger partial charge >= 0.3 is 0 Å². The van der Waals surface area contributed by atoms with Crippen molar-refractivity contribution < 1.29 is 9.59 Å². The lowest BCUT2D eigenvalue weighted by Crippen LogP contribution is -2.39. The number of rotatable bonds is 5. The first-order valence-electron chi connectivity index (χ1n) is 8.31. The molecule has 24 heavy (non-hydrogen) atoms. The van der Waals surface area contributed by atoms with E-state index in [2.05, 4.69) is 20.6 Å². The largest absolute Gasteiger partial charge is 0.353 e. The van der Waals surface area contributed by atoms with E-state index in [0.29, 0.717) is 18.5 Å². The first-order valence-corrected chi connectivity index (χ1v) is 8.31. The summed E-state index contributed by atoms with van der Waals surface area (Å²) < 4.78 is 1.75. The van der Waals surface area contributed by atoms with Crippen molar-refractivity contribution in [3.63, 3.8) is 0 Å². The zero-order valence-corrected chi connectivity index (χ0v) is 14.3. The van der Waals surface area contributed by atoms with Gasteiger partial charge in [-0.05, 0) is 39.2 Å². The van der Waals surface area contributed by atoms with Crippen LogP contribution in [0.2, 0.25) is 0 Å². The first-order chi connectivity index (χ1) is 11.5. The van der Waals surface area contributed by atoms with Crippen molar-refractivity contribution in [1.29, 1.82) is 0 Å². The van der Waals surface area contributed by atoms with E-state index in [-0.39, 0.29) is 17.7 Å². The number of aromatic nitrogens is 4. The average molecular weight is 329 g/mol. The highest BCUT2D eigenvalue weighted by atomic mass is 16.1. The van der Waals surface area contributed by atoms with Crippen molar-refractivity contribution >= 4 is 11.7 Å². The Hall–Kier alpha value is -2.44. The van der Waals surface area contributed by atoms with Crippen LogP contribution < -0.4 is 5.32 Å². The number of H-pyrrole nitrogens is 1. The Balaban J connectivity index is 1.55. The standard InChI is InChI=1S/C17H23N5O2/c1-10-17(12(3)23)11(2)22(21-10)7-6-16(24)19-14-5-4-13-9-18-20-15(13)8-14/h9,14H,4-8H2,1-3H3,(H,18,20)(H,19,24). The molecule has 1 amide bonds. The molecule has 0 bridgehead atoms. The molecule has 2 heterocycles. The SMILES string of the molecule is CC(=O)c1c(C)nn(CCC(=O)NC2CCc3cn[nH]c3C2)c1C. The normalized spacial score (nSPS) is 16.7. The molecule has 1 aliphatic carbocycles. The van der Waals surface area contributed by atoms with E-state index in [0.717, 1.165) is 36.3 Å². The number of nitrogens with one attached hydrogen (secondary N) is 2. The molecule has 0 fully saturated rings. The zero-order valence-electron chi connectivity index (χ0n) is 14.3. The Morgan fingerprint density at radius 2 is 2.21 bits per heavy atom. The number of nitrogens with zero attached hydrogens (tertiary/aromatic N) is 3. The van der Waals surface area contributed by atoms with Crippen LogP contribution in [0.3, 0.4) is 0 Å². The summed E-state index contributed by atoms with van der Waals surface area (Å²) in [5.41, 5.74) is 4.58. The van der Waals surface area contributed by atoms with Crippen molar-refractivity contribution in [2.45, 2.75) is 59.0 Å². The molecule has 7 heteroatoms. The summed E-state index contributed by atoms with van der Waals surface area (Å²) in [6.07, 6.45) is 4.90. The molecule has 0 spiro atoms. The summed E-state index contributed by atoms with van der Waals surface area (Å²) in [5, 5.41) is 14.5. The van der Waals surface area contributed by atoms with Gasteiger partial charge in [-0.25, -0.2) is 0 Å². The maximum absolute atomic E-state index is 12.2. The quantitative estimate of drug-likeness (QED) is 0.813. The van der Waals surface area contributed by atoms with Crippen molar-refractivity contribution in [3.8, 4) is 0 Å². The number of aromatic amines is 1. The molecule has 3 rings (SSSR count). The Kier molecular flexibility index (Phi) is 4.51.